The van der Waals surface area contributed by atoms with Crippen LogP contribution in [0.2, 0.25) is 0 Å². The highest BCUT2D eigenvalue weighted by Gasteiger charge is 2.12. The molecule has 7 nitrogen and oxygen atoms in total. The SMILES string of the molecule is CCC(=N)O/N=C(\C)c1ccc(O)c(C(=O)NO)c1. The maximum atomic E-state index is 11.3. The van der Waals surface area contributed by atoms with Crippen molar-refractivity contribution in [3.63, 3.8) is 0 Å². The van der Waals surface area contributed by atoms with Crippen molar-refractivity contribution in [3.8, 4) is 5.75 Å². The molecule has 0 aliphatic heterocycles. The van der Waals surface area contributed by atoms with Crippen LogP contribution in [0.25, 0.3) is 0 Å². The minimum atomic E-state index is -0.825. The molecule has 19 heavy (non-hydrogen) atoms. The quantitative estimate of drug-likeness (QED) is 0.286. The highest BCUT2D eigenvalue weighted by molar-refractivity contribution is 6.03. The average Bonchev–Trinajstić information content (AvgIpc) is 2.43. The number of hydroxylamine groups is 1. The summed E-state index contributed by atoms with van der Waals surface area (Å²) in [7, 11) is 0. The lowest BCUT2D eigenvalue weighted by Crippen LogP contribution is -2.19. The van der Waals surface area contributed by atoms with Crippen LogP contribution in [-0.2, 0) is 4.84 Å². The zero-order chi connectivity index (χ0) is 14.4. The van der Waals surface area contributed by atoms with Gasteiger partial charge in [-0.25, -0.2) is 5.48 Å². The van der Waals surface area contributed by atoms with Gasteiger partial charge in [-0.15, -0.1) is 0 Å². The second-order valence-corrected chi connectivity index (χ2v) is 3.72. The van der Waals surface area contributed by atoms with Gasteiger partial charge in [0.15, 0.2) is 0 Å². The van der Waals surface area contributed by atoms with E-state index in [-0.39, 0.29) is 17.2 Å². The van der Waals surface area contributed by atoms with E-state index in [2.05, 4.69) is 5.16 Å². The molecule has 0 unspecified atom stereocenters. The van der Waals surface area contributed by atoms with E-state index in [0.29, 0.717) is 17.7 Å². The van der Waals surface area contributed by atoms with Crippen LogP contribution in [0.5, 0.6) is 5.75 Å². The Morgan fingerprint density at radius 1 is 1.53 bits per heavy atom. The van der Waals surface area contributed by atoms with Crippen molar-refractivity contribution in [2.24, 2.45) is 5.16 Å². The van der Waals surface area contributed by atoms with Crippen LogP contribution in [0.3, 0.4) is 0 Å². The third kappa shape index (κ3) is 3.78. The summed E-state index contributed by atoms with van der Waals surface area (Å²) < 4.78 is 0. The smallest absolute Gasteiger partial charge is 0.278 e. The molecule has 0 saturated heterocycles. The molecule has 0 fully saturated rings. The Bertz CT molecular complexity index is 526. The molecule has 0 heterocycles. The molecular weight excluding hydrogens is 250 g/mol. The molecular formula is C12H15N3O4. The summed E-state index contributed by atoms with van der Waals surface area (Å²) in [5, 5.41) is 29.1. The normalized spacial score (nSPS) is 11.0. The first-order valence-corrected chi connectivity index (χ1v) is 5.56. The minimum absolute atomic E-state index is 0.0199. The number of rotatable bonds is 4. The average molecular weight is 265 g/mol. The fourth-order valence-electron chi connectivity index (χ4n) is 1.24. The molecule has 1 amide bonds. The molecule has 1 rings (SSSR count). The van der Waals surface area contributed by atoms with Crippen molar-refractivity contribution in [2.45, 2.75) is 20.3 Å². The molecule has 4 N–H and O–H groups in total. The number of carbonyl (C=O) groups is 1. The summed E-state index contributed by atoms with van der Waals surface area (Å²) in [6.07, 6.45) is 0.421. The number of nitrogens with one attached hydrogen (secondary N) is 2. The van der Waals surface area contributed by atoms with Gasteiger partial charge < -0.3 is 9.94 Å². The van der Waals surface area contributed by atoms with E-state index in [0.717, 1.165) is 0 Å². The first-order valence-electron chi connectivity index (χ1n) is 5.56. The summed E-state index contributed by atoms with van der Waals surface area (Å²) in [6.45, 7) is 3.40. The summed E-state index contributed by atoms with van der Waals surface area (Å²) in [5.41, 5.74) is 2.32. The Morgan fingerprint density at radius 2 is 2.21 bits per heavy atom. The molecule has 0 spiro atoms. The van der Waals surface area contributed by atoms with Crippen LogP contribution in [0, 0.1) is 5.41 Å². The molecule has 7 heteroatoms. The van der Waals surface area contributed by atoms with Gasteiger partial charge in [0, 0.05) is 12.0 Å². The number of oxime groups is 1. The van der Waals surface area contributed by atoms with Crippen molar-refractivity contribution in [2.75, 3.05) is 0 Å². The van der Waals surface area contributed by atoms with E-state index < -0.39 is 5.91 Å². The minimum Gasteiger partial charge on any atom is -0.507 e. The molecule has 0 aromatic heterocycles. The number of hydrogen-bond acceptors (Lipinski definition) is 6. The lowest BCUT2D eigenvalue weighted by atomic mass is 10.1. The lowest BCUT2D eigenvalue weighted by molar-refractivity contribution is 0.0703. The number of phenols is 1. The molecule has 102 valence electrons. The Balaban J connectivity index is 3.01. The van der Waals surface area contributed by atoms with E-state index in [1.165, 1.54) is 17.6 Å². The van der Waals surface area contributed by atoms with Crippen molar-refractivity contribution in [1.29, 1.82) is 5.41 Å². The van der Waals surface area contributed by atoms with Crippen LogP contribution < -0.4 is 5.48 Å². The topological polar surface area (TPSA) is 115 Å². The number of nitrogens with zero attached hydrogens (tertiary/aromatic N) is 1. The predicted molar refractivity (Wildman–Crippen MR) is 68.7 cm³/mol. The van der Waals surface area contributed by atoms with E-state index in [9.17, 15) is 9.90 Å². The molecule has 0 bridgehead atoms. The highest BCUT2D eigenvalue weighted by atomic mass is 16.6. The van der Waals surface area contributed by atoms with Crippen LogP contribution in [0.15, 0.2) is 23.4 Å². The Hall–Kier alpha value is -2.41. The summed E-state index contributed by atoms with van der Waals surface area (Å²) in [5.74, 6) is -1.06. The van der Waals surface area contributed by atoms with E-state index in [1.807, 2.05) is 0 Å². The molecule has 0 aliphatic carbocycles. The van der Waals surface area contributed by atoms with Gasteiger partial charge in [-0.05, 0) is 25.1 Å². The third-order valence-corrected chi connectivity index (χ3v) is 2.37. The maximum absolute atomic E-state index is 11.3. The van der Waals surface area contributed by atoms with E-state index in [4.69, 9.17) is 15.5 Å². The number of carbonyl (C=O) groups excluding carboxylic acids is 1. The number of hydrogen-bond donors (Lipinski definition) is 4. The van der Waals surface area contributed by atoms with Gasteiger partial charge in [-0.2, -0.15) is 0 Å². The van der Waals surface area contributed by atoms with Crippen molar-refractivity contribution < 1.29 is 19.9 Å². The molecule has 1 aromatic carbocycles. The zero-order valence-electron chi connectivity index (χ0n) is 10.6. The Labute approximate surface area is 110 Å². The second-order valence-electron chi connectivity index (χ2n) is 3.72. The maximum Gasteiger partial charge on any atom is 0.278 e. The van der Waals surface area contributed by atoms with E-state index in [1.54, 1.807) is 19.9 Å². The van der Waals surface area contributed by atoms with Gasteiger partial charge >= 0.3 is 0 Å². The molecule has 0 atom stereocenters. The molecule has 0 aliphatic rings. The van der Waals surface area contributed by atoms with Crippen molar-refractivity contribution in [1.82, 2.24) is 5.48 Å². The highest BCUT2D eigenvalue weighted by Crippen LogP contribution is 2.19. The number of amides is 1. The zero-order valence-corrected chi connectivity index (χ0v) is 10.6. The van der Waals surface area contributed by atoms with Crippen LogP contribution in [-0.4, -0.2) is 27.8 Å². The second kappa shape index (κ2) is 6.50. The Morgan fingerprint density at radius 3 is 2.79 bits per heavy atom. The van der Waals surface area contributed by atoms with Gasteiger partial charge in [0.2, 0.25) is 5.90 Å². The van der Waals surface area contributed by atoms with Gasteiger partial charge in [0.25, 0.3) is 5.91 Å². The fraction of sp³-hybridized carbons (Fsp3) is 0.250. The van der Waals surface area contributed by atoms with Crippen LogP contribution >= 0.6 is 0 Å². The van der Waals surface area contributed by atoms with Gasteiger partial charge in [-0.1, -0.05) is 12.1 Å². The predicted octanol–water partition coefficient (Wildman–Crippen LogP) is 1.64. The van der Waals surface area contributed by atoms with Gasteiger partial charge in [-0.3, -0.25) is 15.4 Å². The number of benzene rings is 1. The molecule has 0 radical (unpaired) electrons. The standard InChI is InChI=1S/C12H15N3O4/c1-3-11(13)19-15-7(2)8-4-5-10(16)9(6-8)12(17)14-18/h4-6,13,16,18H,3H2,1-2H3,(H,14,17)/b13-11?,15-7+. The van der Waals surface area contributed by atoms with Crippen molar-refractivity contribution >= 4 is 17.5 Å². The number of aromatic hydroxyl groups is 1. The number of phenolic OH excluding ortho intramolecular Hbond substituents is 1. The summed E-state index contributed by atoms with van der Waals surface area (Å²) >= 11 is 0. The summed E-state index contributed by atoms with van der Waals surface area (Å²) in [4.78, 5) is 16.1. The first kappa shape index (κ1) is 14.7. The van der Waals surface area contributed by atoms with Crippen LogP contribution in [0.1, 0.15) is 36.2 Å². The first-order chi connectivity index (χ1) is 8.99. The van der Waals surface area contributed by atoms with E-state index >= 15 is 0 Å². The van der Waals surface area contributed by atoms with Gasteiger partial charge in [0.1, 0.15) is 5.75 Å². The van der Waals surface area contributed by atoms with Gasteiger partial charge in [0.05, 0.1) is 11.3 Å². The Kier molecular flexibility index (Phi) is 5.01. The largest absolute Gasteiger partial charge is 0.507 e. The summed E-state index contributed by atoms with van der Waals surface area (Å²) in [6, 6.07) is 4.21. The molecule has 1 aromatic rings. The lowest BCUT2D eigenvalue weighted by Gasteiger charge is -2.06. The molecule has 0 saturated carbocycles. The van der Waals surface area contributed by atoms with Crippen LogP contribution in [0.4, 0.5) is 0 Å². The van der Waals surface area contributed by atoms with Crippen molar-refractivity contribution in [3.05, 3.63) is 29.3 Å². The fourth-order valence-corrected chi connectivity index (χ4v) is 1.24. The third-order valence-electron chi connectivity index (χ3n) is 2.37. The monoisotopic (exact) mass is 265 g/mol.